The SMILES string of the molecule is COC(=O)c1ccc2c(c1)C(CCN)c1c(C)cc(C)cc1-2. The Morgan fingerprint density at radius 1 is 1.18 bits per heavy atom. The van der Waals surface area contributed by atoms with E-state index in [1.165, 1.54) is 40.5 Å². The number of methoxy groups -OCH3 is 1. The highest BCUT2D eigenvalue weighted by atomic mass is 16.5. The van der Waals surface area contributed by atoms with Crippen LogP contribution < -0.4 is 5.73 Å². The number of nitrogens with two attached hydrogens (primary N) is 1. The van der Waals surface area contributed by atoms with Gasteiger partial charge in [0.1, 0.15) is 0 Å². The fourth-order valence-electron chi connectivity index (χ4n) is 3.63. The standard InChI is InChI=1S/C19H21NO2/c1-11-8-12(2)18-15(6-7-20)16-10-13(19(21)22-3)4-5-14(16)17(18)9-11/h4-5,8-10,15H,6-7,20H2,1-3H3. The maximum atomic E-state index is 11.8. The maximum absolute atomic E-state index is 11.8. The number of ether oxygens (including phenoxy) is 1. The van der Waals surface area contributed by atoms with Crippen LogP contribution in [-0.2, 0) is 4.74 Å². The molecule has 2 aromatic carbocycles. The van der Waals surface area contributed by atoms with Gasteiger partial charge in [0.2, 0.25) is 0 Å². The molecule has 0 bridgehead atoms. The summed E-state index contributed by atoms with van der Waals surface area (Å²) in [5, 5.41) is 0. The minimum absolute atomic E-state index is 0.264. The number of carbonyl (C=O) groups excluding carboxylic acids is 1. The van der Waals surface area contributed by atoms with Crippen LogP contribution in [0.5, 0.6) is 0 Å². The molecule has 2 N–H and O–H groups in total. The zero-order valence-electron chi connectivity index (χ0n) is 13.3. The molecule has 0 radical (unpaired) electrons. The number of rotatable bonds is 3. The minimum Gasteiger partial charge on any atom is -0.465 e. The molecule has 2 aromatic rings. The highest BCUT2D eigenvalue weighted by Crippen LogP contribution is 2.48. The third-order valence-corrected chi connectivity index (χ3v) is 4.47. The highest BCUT2D eigenvalue weighted by Gasteiger charge is 2.30. The summed E-state index contributed by atoms with van der Waals surface area (Å²) in [7, 11) is 1.41. The van der Waals surface area contributed by atoms with Gasteiger partial charge in [0.25, 0.3) is 0 Å². The van der Waals surface area contributed by atoms with Crippen molar-refractivity contribution in [2.75, 3.05) is 13.7 Å². The van der Waals surface area contributed by atoms with Crippen molar-refractivity contribution in [3.05, 3.63) is 58.1 Å². The van der Waals surface area contributed by atoms with Gasteiger partial charge in [-0.3, -0.25) is 0 Å². The molecule has 0 heterocycles. The lowest BCUT2D eigenvalue weighted by Gasteiger charge is -2.15. The van der Waals surface area contributed by atoms with Crippen LogP contribution in [0.2, 0.25) is 0 Å². The predicted octanol–water partition coefficient (Wildman–Crippen LogP) is 3.55. The van der Waals surface area contributed by atoms with Crippen LogP contribution in [0.25, 0.3) is 11.1 Å². The second-order valence-corrected chi connectivity index (χ2v) is 5.97. The molecule has 22 heavy (non-hydrogen) atoms. The molecule has 1 unspecified atom stereocenters. The lowest BCUT2D eigenvalue weighted by Crippen LogP contribution is -2.08. The fourth-order valence-corrected chi connectivity index (χ4v) is 3.63. The molecule has 0 spiro atoms. The number of fused-ring (bicyclic) bond motifs is 3. The van der Waals surface area contributed by atoms with E-state index in [4.69, 9.17) is 10.5 Å². The van der Waals surface area contributed by atoms with Gasteiger partial charge in [-0.2, -0.15) is 0 Å². The third kappa shape index (κ3) is 2.22. The first-order valence-electron chi connectivity index (χ1n) is 7.60. The van der Waals surface area contributed by atoms with Gasteiger partial charge in [0, 0.05) is 5.92 Å². The molecule has 3 heteroatoms. The lowest BCUT2D eigenvalue weighted by atomic mass is 9.89. The van der Waals surface area contributed by atoms with Gasteiger partial charge in [-0.05, 0) is 66.8 Å². The Hall–Kier alpha value is -2.13. The Bertz CT molecular complexity index is 749. The molecular weight excluding hydrogens is 274 g/mol. The minimum atomic E-state index is -0.293. The number of carbonyl (C=O) groups is 1. The molecular formula is C19H21NO2. The van der Waals surface area contributed by atoms with Gasteiger partial charge >= 0.3 is 5.97 Å². The molecule has 1 aliphatic rings. The van der Waals surface area contributed by atoms with Crippen molar-refractivity contribution >= 4 is 5.97 Å². The monoisotopic (exact) mass is 295 g/mol. The van der Waals surface area contributed by atoms with Gasteiger partial charge in [-0.1, -0.05) is 23.8 Å². The number of esters is 1. The van der Waals surface area contributed by atoms with Gasteiger partial charge in [0.05, 0.1) is 12.7 Å². The van der Waals surface area contributed by atoms with Crippen molar-refractivity contribution in [1.29, 1.82) is 0 Å². The molecule has 0 fully saturated rings. The molecule has 3 nitrogen and oxygen atoms in total. The maximum Gasteiger partial charge on any atom is 0.337 e. The smallest absolute Gasteiger partial charge is 0.337 e. The number of hydrogen-bond donors (Lipinski definition) is 1. The van der Waals surface area contributed by atoms with Gasteiger partial charge in [0.15, 0.2) is 0 Å². The van der Waals surface area contributed by atoms with Crippen molar-refractivity contribution in [1.82, 2.24) is 0 Å². The van der Waals surface area contributed by atoms with Gasteiger partial charge in [-0.25, -0.2) is 4.79 Å². The van der Waals surface area contributed by atoms with E-state index >= 15 is 0 Å². The molecule has 3 rings (SSSR count). The van der Waals surface area contributed by atoms with Crippen LogP contribution >= 0.6 is 0 Å². The lowest BCUT2D eigenvalue weighted by molar-refractivity contribution is 0.0600. The topological polar surface area (TPSA) is 52.3 Å². The second-order valence-electron chi connectivity index (χ2n) is 5.97. The van der Waals surface area contributed by atoms with E-state index in [1.807, 2.05) is 18.2 Å². The van der Waals surface area contributed by atoms with Crippen molar-refractivity contribution in [2.45, 2.75) is 26.2 Å². The Morgan fingerprint density at radius 2 is 1.95 bits per heavy atom. The molecule has 1 aliphatic carbocycles. The summed E-state index contributed by atoms with van der Waals surface area (Å²) < 4.78 is 4.85. The molecule has 0 amide bonds. The molecule has 0 saturated carbocycles. The third-order valence-electron chi connectivity index (χ3n) is 4.47. The second kappa shape index (κ2) is 5.58. The van der Waals surface area contributed by atoms with Crippen LogP contribution in [0.3, 0.4) is 0 Å². The van der Waals surface area contributed by atoms with Crippen LogP contribution in [0.4, 0.5) is 0 Å². The predicted molar refractivity (Wildman–Crippen MR) is 88.2 cm³/mol. The van der Waals surface area contributed by atoms with Crippen LogP contribution in [0, 0.1) is 13.8 Å². The van der Waals surface area contributed by atoms with E-state index in [-0.39, 0.29) is 11.9 Å². The average molecular weight is 295 g/mol. The average Bonchev–Trinajstić information content (AvgIpc) is 2.80. The Labute approximate surface area is 131 Å². The van der Waals surface area contributed by atoms with Gasteiger partial charge < -0.3 is 10.5 Å². The first kappa shape index (κ1) is 14.8. The number of aryl methyl sites for hydroxylation is 2. The zero-order chi connectivity index (χ0) is 15.9. The molecule has 0 aromatic heterocycles. The Kier molecular flexibility index (Phi) is 3.75. The summed E-state index contributed by atoms with van der Waals surface area (Å²) in [6.07, 6.45) is 0.883. The van der Waals surface area contributed by atoms with E-state index in [0.717, 1.165) is 6.42 Å². The van der Waals surface area contributed by atoms with Crippen LogP contribution in [-0.4, -0.2) is 19.6 Å². The molecule has 1 atom stereocenters. The van der Waals surface area contributed by atoms with E-state index in [9.17, 15) is 4.79 Å². The van der Waals surface area contributed by atoms with E-state index in [0.29, 0.717) is 12.1 Å². The molecule has 114 valence electrons. The normalized spacial score (nSPS) is 15.4. The Balaban J connectivity index is 2.21. The van der Waals surface area contributed by atoms with Gasteiger partial charge in [-0.15, -0.1) is 0 Å². The van der Waals surface area contributed by atoms with E-state index in [2.05, 4.69) is 26.0 Å². The summed E-state index contributed by atoms with van der Waals surface area (Å²) in [4.78, 5) is 11.8. The van der Waals surface area contributed by atoms with Crippen molar-refractivity contribution in [3.63, 3.8) is 0 Å². The van der Waals surface area contributed by atoms with E-state index < -0.39 is 0 Å². The summed E-state index contributed by atoms with van der Waals surface area (Å²) >= 11 is 0. The Morgan fingerprint density at radius 3 is 2.64 bits per heavy atom. The summed E-state index contributed by atoms with van der Waals surface area (Å²) in [6.45, 7) is 4.90. The van der Waals surface area contributed by atoms with Crippen LogP contribution in [0.1, 0.15) is 45.0 Å². The zero-order valence-corrected chi connectivity index (χ0v) is 13.3. The fraction of sp³-hybridized carbons (Fsp3) is 0.316. The summed E-state index contributed by atoms with van der Waals surface area (Å²) in [5.74, 6) is -0.0293. The first-order valence-corrected chi connectivity index (χ1v) is 7.60. The van der Waals surface area contributed by atoms with Crippen molar-refractivity contribution in [2.24, 2.45) is 5.73 Å². The largest absolute Gasteiger partial charge is 0.465 e. The van der Waals surface area contributed by atoms with Crippen molar-refractivity contribution in [3.8, 4) is 11.1 Å². The molecule has 0 saturated heterocycles. The number of benzene rings is 2. The summed E-state index contributed by atoms with van der Waals surface area (Å²) in [5.41, 5.74) is 14.0. The highest BCUT2D eigenvalue weighted by molar-refractivity contribution is 5.92. The summed E-state index contributed by atoms with van der Waals surface area (Å²) in [6, 6.07) is 10.3. The van der Waals surface area contributed by atoms with Crippen LogP contribution in [0.15, 0.2) is 30.3 Å². The number of hydrogen-bond acceptors (Lipinski definition) is 3. The quantitative estimate of drug-likeness (QED) is 0.881. The van der Waals surface area contributed by atoms with Crippen molar-refractivity contribution < 1.29 is 9.53 Å². The van der Waals surface area contributed by atoms with E-state index in [1.54, 1.807) is 0 Å². The first-order chi connectivity index (χ1) is 10.6. The molecule has 0 aliphatic heterocycles.